The average Bonchev–Trinajstić information content (AvgIpc) is 2.62. The third kappa shape index (κ3) is 3.24. The number of aliphatic hydroxyl groups is 1. The Balaban J connectivity index is 1.72. The van der Waals surface area contributed by atoms with Crippen molar-refractivity contribution in [2.24, 2.45) is 0 Å². The van der Waals surface area contributed by atoms with Crippen LogP contribution in [0.5, 0.6) is 0 Å². The van der Waals surface area contributed by atoms with E-state index >= 15 is 0 Å². The number of hydrogen-bond acceptors (Lipinski definition) is 3. The molecule has 1 aliphatic carbocycles. The van der Waals surface area contributed by atoms with Gasteiger partial charge in [0.1, 0.15) is 0 Å². The van der Waals surface area contributed by atoms with E-state index in [-0.39, 0.29) is 0 Å². The van der Waals surface area contributed by atoms with Gasteiger partial charge in [0.2, 0.25) is 0 Å². The van der Waals surface area contributed by atoms with Crippen LogP contribution in [0.4, 0.5) is 5.69 Å². The Morgan fingerprint density at radius 3 is 2.84 bits per heavy atom. The first-order valence-electron chi connectivity index (χ1n) is 9.11. The van der Waals surface area contributed by atoms with Crippen LogP contribution in [0.1, 0.15) is 41.3 Å². The Labute approximate surface area is 148 Å². The molecular weight excluding hydrogens is 308 g/mol. The maximum Gasteiger partial charge on any atom is 0.0828 e. The highest BCUT2D eigenvalue weighted by atomic mass is 16.3. The van der Waals surface area contributed by atoms with Gasteiger partial charge in [-0.15, -0.1) is 0 Å². The van der Waals surface area contributed by atoms with Gasteiger partial charge >= 0.3 is 0 Å². The topological polar surface area (TPSA) is 45.2 Å². The smallest absolute Gasteiger partial charge is 0.0828 e. The molecule has 1 heterocycles. The second-order valence-electron chi connectivity index (χ2n) is 6.94. The van der Waals surface area contributed by atoms with Gasteiger partial charge < -0.3 is 10.4 Å². The van der Waals surface area contributed by atoms with Gasteiger partial charge in [-0.3, -0.25) is 4.98 Å². The number of aliphatic hydroxyl groups excluding tert-OH is 1. The first-order chi connectivity index (χ1) is 12.2. The maximum atomic E-state index is 10.6. The van der Waals surface area contributed by atoms with Gasteiger partial charge in [-0.2, -0.15) is 0 Å². The zero-order valence-corrected chi connectivity index (χ0v) is 14.6. The van der Waals surface area contributed by atoms with Crippen molar-refractivity contribution in [3.63, 3.8) is 0 Å². The number of aryl methyl sites for hydroxylation is 2. The highest BCUT2D eigenvalue weighted by Crippen LogP contribution is 2.38. The molecule has 0 fully saturated rings. The lowest BCUT2D eigenvalue weighted by atomic mass is 9.90. The van der Waals surface area contributed by atoms with Crippen molar-refractivity contribution >= 4 is 16.6 Å². The molecule has 25 heavy (non-hydrogen) atoms. The molecule has 0 spiro atoms. The predicted octanol–water partition coefficient (Wildman–Crippen LogP) is 4.57. The minimum absolute atomic E-state index is 0.416. The summed E-state index contributed by atoms with van der Waals surface area (Å²) in [5.41, 5.74) is 6.69. The van der Waals surface area contributed by atoms with E-state index in [9.17, 15) is 5.11 Å². The van der Waals surface area contributed by atoms with Gasteiger partial charge in [-0.05, 0) is 50.3 Å². The lowest BCUT2D eigenvalue weighted by molar-refractivity contribution is 0.156. The molecule has 1 aliphatic rings. The molecule has 1 unspecified atom stereocenters. The van der Waals surface area contributed by atoms with E-state index in [2.05, 4.69) is 54.7 Å². The maximum absolute atomic E-state index is 10.6. The fourth-order valence-electron chi connectivity index (χ4n) is 3.77. The van der Waals surface area contributed by atoms with Crippen molar-refractivity contribution in [3.8, 4) is 0 Å². The Morgan fingerprint density at radius 1 is 1.16 bits per heavy atom. The fourth-order valence-corrected chi connectivity index (χ4v) is 3.77. The molecule has 2 N–H and O–H groups in total. The van der Waals surface area contributed by atoms with E-state index in [1.807, 2.05) is 6.07 Å². The SMILES string of the molecule is Cc1ccc2nc3c(c(NCCc4ccccc4)c2c1)C(O)CCC3. The molecule has 0 amide bonds. The minimum atomic E-state index is -0.416. The van der Waals surface area contributed by atoms with Crippen LogP contribution in [-0.2, 0) is 12.8 Å². The number of fused-ring (bicyclic) bond motifs is 2. The molecule has 1 atom stereocenters. The Bertz CT molecular complexity index is 889. The predicted molar refractivity (Wildman–Crippen MR) is 103 cm³/mol. The van der Waals surface area contributed by atoms with Gasteiger partial charge in [0.15, 0.2) is 0 Å². The van der Waals surface area contributed by atoms with Crippen LogP contribution in [0.15, 0.2) is 48.5 Å². The molecule has 4 rings (SSSR count). The normalized spacial score (nSPS) is 16.6. The van der Waals surface area contributed by atoms with Crippen molar-refractivity contribution in [3.05, 3.63) is 70.9 Å². The van der Waals surface area contributed by atoms with Crippen molar-refractivity contribution in [2.75, 3.05) is 11.9 Å². The second kappa shape index (κ2) is 6.85. The van der Waals surface area contributed by atoms with Crippen LogP contribution >= 0.6 is 0 Å². The highest BCUT2D eigenvalue weighted by molar-refractivity contribution is 5.94. The molecular formula is C22H24N2O. The molecule has 128 valence electrons. The van der Waals surface area contributed by atoms with Gasteiger partial charge in [0.25, 0.3) is 0 Å². The molecule has 0 aliphatic heterocycles. The third-order valence-corrected chi connectivity index (χ3v) is 5.04. The number of rotatable bonds is 4. The van der Waals surface area contributed by atoms with E-state index < -0.39 is 6.10 Å². The lowest BCUT2D eigenvalue weighted by Crippen LogP contribution is -2.16. The van der Waals surface area contributed by atoms with E-state index in [4.69, 9.17) is 4.98 Å². The Hall–Kier alpha value is -2.39. The van der Waals surface area contributed by atoms with Crippen LogP contribution in [0.3, 0.4) is 0 Å². The first kappa shape index (κ1) is 16.1. The summed E-state index contributed by atoms with van der Waals surface area (Å²) >= 11 is 0. The molecule has 0 saturated carbocycles. The molecule has 0 bridgehead atoms. The number of aromatic nitrogens is 1. The molecule has 2 aromatic carbocycles. The standard InChI is InChI=1S/C22H24N2O/c1-15-10-11-18-17(14-15)22(21-19(24-18)8-5-9-20(21)25)23-13-12-16-6-3-2-4-7-16/h2-4,6-7,10-11,14,20,25H,5,8-9,12-13H2,1H3,(H,23,24). The first-order valence-corrected chi connectivity index (χ1v) is 9.11. The summed E-state index contributed by atoms with van der Waals surface area (Å²) in [6, 6.07) is 16.9. The minimum Gasteiger partial charge on any atom is -0.388 e. The van der Waals surface area contributed by atoms with Gasteiger partial charge in [-0.25, -0.2) is 0 Å². The number of benzene rings is 2. The van der Waals surface area contributed by atoms with Crippen molar-refractivity contribution in [1.82, 2.24) is 4.98 Å². The number of nitrogens with one attached hydrogen (secondary N) is 1. The molecule has 3 aromatic rings. The Morgan fingerprint density at radius 2 is 2.00 bits per heavy atom. The largest absolute Gasteiger partial charge is 0.388 e. The van der Waals surface area contributed by atoms with Crippen LogP contribution in [0.25, 0.3) is 10.9 Å². The molecule has 3 heteroatoms. The highest BCUT2D eigenvalue weighted by Gasteiger charge is 2.24. The zero-order chi connectivity index (χ0) is 17.2. The summed E-state index contributed by atoms with van der Waals surface area (Å²) in [5.74, 6) is 0. The van der Waals surface area contributed by atoms with Crippen LogP contribution in [0, 0.1) is 6.92 Å². The summed E-state index contributed by atoms with van der Waals surface area (Å²) in [7, 11) is 0. The number of pyridine rings is 1. The van der Waals surface area contributed by atoms with E-state index in [0.717, 1.165) is 60.1 Å². The number of hydrogen-bond donors (Lipinski definition) is 2. The monoisotopic (exact) mass is 332 g/mol. The van der Waals surface area contributed by atoms with Gasteiger partial charge in [-0.1, -0.05) is 42.0 Å². The van der Waals surface area contributed by atoms with Crippen LogP contribution in [0.2, 0.25) is 0 Å². The fraction of sp³-hybridized carbons (Fsp3) is 0.318. The van der Waals surface area contributed by atoms with Crippen molar-refractivity contribution in [1.29, 1.82) is 0 Å². The van der Waals surface area contributed by atoms with E-state index in [1.165, 1.54) is 11.1 Å². The average molecular weight is 332 g/mol. The van der Waals surface area contributed by atoms with E-state index in [0.29, 0.717) is 0 Å². The van der Waals surface area contributed by atoms with Crippen LogP contribution in [-0.4, -0.2) is 16.6 Å². The Kier molecular flexibility index (Phi) is 4.41. The summed E-state index contributed by atoms with van der Waals surface area (Å²) in [5, 5.41) is 15.3. The summed E-state index contributed by atoms with van der Waals surface area (Å²) < 4.78 is 0. The van der Waals surface area contributed by atoms with E-state index in [1.54, 1.807) is 0 Å². The van der Waals surface area contributed by atoms with Crippen molar-refractivity contribution < 1.29 is 5.11 Å². The van der Waals surface area contributed by atoms with Gasteiger partial charge in [0.05, 0.1) is 17.3 Å². The number of anilines is 1. The summed E-state index contributed by atoms with van der Waals surface area (Å²) in [6.07, 6.45) is 3.31. The van der Waals surface area contributed by atoms with Crippen LogP contribution < -0.4 is 5.32 Å². The molecule has 3 nitrogen and oxygen atoms in total. The second-order valence-corrected chi connectivity index (χ2v) is 6.94. The number of nitrogens with zero attached hydrogens (tertiary/aromatic N) is 1. The lowest BCUT2D eigenvalue weighted by Gasteiger charge is -2.26. The summed E-state index contributed by atoms with van der Waals surface area (Å²) in [4.78, 5) is 4.83. The zero-order valence-electron chi connectivity index (χ0n) is 14.6. The molecule has 1 aromatic heterocycles. The molecule has 0 radical (unpaired) electrons. The summed E-state index contributed by atoms with van der Waals surface area (Å²) in [6.45, 7) is 2.94. The third-order valence-electron chi connectivity index (χ3n) is 5.04. The van der Waals surface area contributed by atoms with Gasteiger partial charge in [0, 0.05) is 23.2 Å². The van der Waals surface area contributed by atoms with Crippen molar-refractivity contribution in [2.45, 2.75) is 38.7 Å². The molecule has 0 saturated heterocycles. The quantitative estimate of drug-likeness (QED) is 0.736.